The van der Waals surface area contributed by atoms with Crippen molar-refractivity contribution in [2.24, 2.45) is 5.73 Å². The average Bonchev–Trinajstić information content (AvgIpc) is 2.70. The minimum atomic E-state index is 0.205. The van der Waals surface area contributed by atoms with E-state index in [2.05, 4.69) is 52.0 Å². The van der Waals surface area contributed by atoms with E-state index in [4.69, 9.17) is 5.73 Å². The molecule has 0 radical (unpaired) electrons. The van der Waals surface area contributed by atoms with E-state index >= 15 is 0 Å². The lowest BCUT2D eigenvalue weighted by atomic mass is 9.96. The van der Waals surface area contributed by atoms with Crippen molar-refractivity contribution >= 4 is 15.9 Å². The first kappa shape index (κ1) is 15.0. The Kier molecular flexibility index (Phi) is 5.86. The van der Waals surface area contributed by atoms with Crippen LogP contribution in [0, 0.1) is 0 Å². The molecule has 0 amide bonds. The molecule has 0 bridgehead atoms. The summed E-state index contributed by atoms with van der Waals surface area (Å²) in [4.78, 5) is 2.60. The summed E-state index contributed by atoms with van der Waals surface area (Å²) in [5, 5.41) is 0. The SMILES string of the molecule is CCC(N)C(c1ccccc1Br)N1CCCCCC1. The van der Waals surface area contributed by atoms with Gasteiger partial charge in [-0.1, -0.05) is 53.9 Å². The third kappa shape index (κ3) is 3.80. The zero-order valence-electron chi connectivity index (χ0n) is 11.8. The van der Waals surface area contributed by atoms with Crippen LogP contribution in [-0.4, -0.2) is 24.0 Å². The van der Waals surface area contributed by atoms with E-state index in [9.17, 15) is 0 Å². The van der Waals surface area contributed by atoms with Gasteiger partial charge in [0.05, 0.1) is 6.04 Å². The summed E-state index contributed by atoms with van der Waals surface area (Å²) in [6, 6.07) is 9.09. The molecule has 2 nitrogen and oxygen atoms in total. The number of nitrogens with zero attached hydrogens (tertiary/aromatic N) is 1. The van der Waals surface area contributed by atoms with Crippen LogP contribution in [0.3, 0.4) is 0 Å². The van der Waals surface area contributed by atoms with Crippen LogP contribution in [-0.2, 0) is 0 Å². The van der Waals surface area contributed by atoms with Gasteiger partial charge in [-0.15, -0.1) is 0 Å². The van der Waals surface area contributed by atoms with E-state index in [1.807, 2.05) is 0 Å². The van der Waals surface area contributed by atoms with Crippen molar-refractivity contribution in [3.63, 3.8) is 0 Å². The van der Waals surface area contributed by atoms with Crippen molar-refractivity contribution in [3.05, 3.63) is 34.3 Å². The first-order chi connectivity index (χ1) is 9.24. The number of rotatable bonds is 4. The van der Waals surface area contributed by atoms with Gasteiger partial charge in [0.2, 0.25) is 0 Å². The molecule has 1 aliphatic rings. The summed E-state index contributed by atoms with van der Waals surface area (Å²) in [5.41, 5.74) is 7.78. The minimum absolute atomic E-state index is 0.205. The van der Waals surface area contributed by atoms with Crippen molar-refractivity contribution < 1.29 is 0 Å². The molecular formula is C16H25BrN2. The number of hydrogen-bond donors (Lipinski definition) is 1. The van der Waals surface area contributed by atoms with Crippen LogP contribution in [0.5, 0.6) is 0 Å². The van der Waals surface area contributed by atoms with E-state index in [1.165, 1.54) is 48.8 Å². The highest BCUT2D eigenvalue weighted by Gasteiger charge is 2.27. The largest absolute Gasteiger partial charge is 0.326 e. The normalized spacial score (nSPS) is 20.8. The highest BCUT2D eigenvalue weighted by molar-refractivity contribution is 9.10. The molecule has 1 aromatic rings. The maximum atomic E-state index is 6.44. The molecule has 2 rings (SSSR count). The van der Waals surface area contributed by atoms with E-state index in [-0.39, 0.29) is 6.04 Å². The molecule has 2 N–H and O–H groups in total. The predicted molar refractivity (Wildman–Crippen MR) is 85.2 cm³/mol. The van der Waals surface area contributed by atoms with Crippen LogP contribution in [0.1, 0.15) is 50.6 Å². The van der Waals surface area contributed by atoms with Gasteiger partial charge in [0.25, 0.3) is 0 Å². The van der Waals surface area contributed by atoms with Crippen LogP contribution in [0.15, 0.2) is 28.7 Å². The Morgan fingerprint density at radius 1 is 1.16 bits per heavy atom. The van der Waals surface area contributed by atoms with Crippen molar-refractivity contribution in [2.75, 3.05) is 13.1 Å². The van der Waals surface area contributed by atoms with Crippen molar-refractivity contribution in [2.45, 2.75) is 51.1 Å². The quantitative estimate of drug-likeness (QED) is 0.903. The van der Waals surface area contributed by atoms with Gasteiger partial charge in [-0.3, -0.25) is 4.90 Å². The summed E-state index contributed by atoms with van der Waals surface area (Å²) in [7, 11) is 0. The summed E-state index contributed by atoms with van der Waals surface area (Å²) in [6.07, 6.45) is 6.35. The maximum absolute atomic E-state index is 6.44. The molecule has 0 spiro atoms. The molecule has 2 atom stereocenters. The second-order valence-electron chi connectivity index (χ2n) is 5.49. The van der Waals surface area contributed by atoms with Gasteiger partial charge in [-0.25, -0.2) is 0 Å². The van der Waals surface area contributed by atoms with Crippen LogP contribution < -0.4 is 5.73 Å². The molecular weight excluding hydrogens is 300 g/mol. The molecule has 0 saturated carbocycles. The van der Waals surface area contributed by atoms with Gasteiger partial charge < -0.3 is 5.73 Å². The van der Waals surface area contributed by atoms with Gasteiger partial charge >= 0.3 is 0 Å². The lowest BCUT2D eigenvalue weighted by molar-refractivity contribution is 0.175. The molecule has 1 saturated heterocycles. The molecule has 3 heteroatoms. The topological polar surface area (TPSA) is 29.3 Å². The number of hydrogen-bond acceptors (Lipinski definition) is 2. The fourth-order valence-electron chi connectivity index (χ4n) is 3.01. The third-order valence-electron chi connectivity index (χ3n) is 4.13. The first-order valence-electron chi connectivity index (χ1n) is 7.48. The van der Waals surface area contributed by atoms with Gasteiger partial charge in [0, 0.05) is 10.5 Å². The number of halogens is 1. The Morgan fingerprint density at radius 3 is 2.37 bits per heavy atom. The second kappa shape index (κ2) is 7.41. The molecule has 1 aliphatic heterocycles. The van der Waals surface area contributed by atoms with Gasteiger partial charge in [0.15, 0.2) is 0 Å². The fraction of sp³-hybridized carbons (Fsp3) is 0.625. The second-order valence-corrected chi connectivity index (χ2v) is 6.34. The highest BCUT2D eigenvalue weighted by atomic mass is 79.9. The molecule has 1 aromatic carbocycles. The van der Waals surface area contributed by atoms with Crippen LogP contribution in [0.2, 0.25) is 0 Å². The van der Waals surface area contributed by atoms with Crippen LogP contribution in [0.4, 0.5) is 0 Å². The Labute approximate surface area is 125 Å². The molecule has 1 fully saturated rings. The maximum Gasteiger partial charge on any atom is 0.0510 e. The summed E-state index contributed by atoms with van der Waals surface area (Å²) in [6.45, 7) is 4.55. The van der Waals surface area contributed by atoms with Crippen molar-refractivity contribution in [1.82, 2.24) is 4.90 Å². The van der Waals surface area contributed by atoms with Gasteiger partial charge in [0.1, 0.15) is 0 Å². The van der Waals surface area contributed by atoms with E-state index in [1.54, 1.807) is 0 Å². The van der Waals surface area contributed by atoms with Crippen molar-refractivity contribution in [1.29, 1.82) is 0 Å². The first-order valence-corrected chi connectivity index (χ1v) is 8.27. The minimum Gasteiger partial charge on any atom is -0.326 e. The Balaban J connectivity index is 2.27. The standard InChI is InChI=1S/C16H25BrN2/c1-2-15(18)16(13-9-5-6-10-14(13)17)19-11-7-3-4-8-12-19/h5-6,9-10,15-16H,2-4,7-8,11-12,18H2,1H3. The number of benzene rings is 1. The van der Waals surface area contributed by atoms with Gasteiger partial charge in [-0.05, 0) is 44.0 Å². The summed E-state index contributed by atoms with van der Waals surface area (Å²) in [5.74, 6) is 0. The van der Waals surface area contributed by atoms with Gasteiger partial charge in [-0.2, -0.15) is 0 Å². The predicted octanol–water partition coefficient (Wildman–Crippen LogP) is 4.10. The van der Waals surface area contributed by atoms with Crippen LogP contribution >= 0.6 is 15.9 Å². The van der Waals surface area contributed by atoms with Crippen molar-refractivity contribution in [3.8, 4) is 0 Å². The molecule has 106 valence electrons. The molecule has 19 heavy (non-hydrogen) atoms. The van der Waals surface area contributed by atoms with Crippen LogP contribution in [0.25, 0.3) is 0 Å². The fourth-order valence-corrected chi connectivity index (χ4v) is 3.53. The summed E-state index contributed by atoms with van der Waals surface area (Å²) >= 11 is 3.70. The molecule has 1 heterocycles. The molecule has 2 unspecified atom stereocenters. The summed E-state index contributed by atoms with van der Waals surface area (Å²) < 4.78 is 1.19. The monoisotopic (exact) mass is 324 g/mol. The molecule has 0 aliphatic carbocycles. The van der Waals surface area contributed by atoms with E-state index in [0.717, 1.165) is 6.42 Å². The zero-order chi connectivity index (χ0) is 13.7. The number of nitrogens with two attached hydrogens (primary N) is 1. The van der Waals surface area contributed by atoms with E-state index in [0.29, 0.717) is 6.04 Å². The lowest BCUT2D eigenvalue weighted by Crippen LogP contribution is -2.41. The molecule has 0 aromatic heterocycles. The Hall–Kier alpha value is -0.380. The Bertz CT molecular complexity index is 386. The Morgan fingerprint density at radius 2 is 1.79 bits per heavy atom. The third-order valence-corrected chi connectivity index (χ3v) is 4.86. The zero-order valence-corrected chi connectivity index (χ0v) is 13.4. The highest BCUT2D eigenvalue weighted by Crippen LogP contribution is 2.32. The lowest BCUT2D eigenvalue weighted by Gasteiger charge is -2.35. The average molecular weight is 325 g/mol. The number of likely N-dealkylation sites (tertiary alicyclic amines) is 1. The van der Waals surface area contributed by atoms with E-state index < -0.39 is 0 Å². The smallest absolute Gasteiger partial charge is 0.0510 e.